The van der Waals surface area contributed by atoms with Gasteiger partial charge in [0.25, 0.3) is 0 Å². The molecule has 0 fully saturated rings. The Balaban J connectivity index is 3.01. The van der Waals surface area contributed by atoms with Gasteiger partial charge in [-0.3, -0.25) is 0 Å². The Morgan fingerprint density at radius 3 is 2.73 bits per heavy atom. The Morgan fingerprint density at radius 2 is 2.20 bits per heavy atom. The predicted molar refractivity (Wildman–Crippen MR) is 60.8 cm³/mol. The summed E-state index contributed by atoms with van der Waals surface area (Å²) in [5.74, 6) is 0. The van der Waals surface area contributed by atoms with Crippen LogP contribution in [-0.4, -0.2) is 14.5 Å². The number of nitrogens with two attached hydrogens (primary N) is 1. The van der Waals surface area contributed by atoms with Crippen LogP contribution in [0.15, 0.2) is 41.8 Å². The van der Waals surface area contributed by atoms with E-state index in [2.05, 4.69) is 11.3 Å². The number of anilines is 1. The normalized spacial score (nSPS) is 13.4. The first-order valence-corrected chi connectivity index (χ1v) is 5.94. The summed E-state index contributed by atoms with van der Waals surface area (Å²) in [6, 6.07) is 5.84. The average Bonchev–Trinajstić information content (AvgIpc) is 2.17. The average molecular weight is 226 g/mol. The highest BCUT2D eigenvalue weighted by Crippen LogP contribution is 2.12. The van der Waals surface area contributed by atoms with E-state index in [1.54, 1.807) is 19.1 Å². The van der Waals surface area contributed by atoms with Crippen molar-refractivity contribution in [1.29, 1.82) is 0 Å². The van der Waals surface area contributed by atoms with E-state index in [4.69, 9.17) is 5.73 Å². The van der Waals surface area contributed by atoms with Crippen molar-refractivity contribution in [1.82, 2.24) is 4.72 Å². The summed E-state index contributed by atoms with van der Waals surface area (Å²) in [7, 11) is -3.50. The maximum Gasteiger partial charge on any atom is 0.241 e. The highest BCUT2D eigenvalue weighted by atomic mass is 32.2. The second kappa shape index (κ2) is 4.46. The first kappa shape index (κ1) is 11.7. The van der Waals surface area contributed by atoms with E-state index in [1.807, 2.05) is 0 Å². The summed E-state index contributed by atoms with van der Waals surface area (Å²) in [5.41, 5.74) is 5.93. The van der Waals surface area contributed by atoms with Crippen molar-refractivity contribution >= 4 is 15.7 Å². The molecule has 0 aromatic heterocycles. The van der Waals surface area contributed by atoms with Crippen LogP contribution in [0.1, 0.15) is 6.92 Å². The molecule has 1 aromatic rings. The van der Waals surface area contributed by atoms with Crippen LogP contribution in [0.5, 0.6) is 0 Å². The highest BCUT2D eigenvalue weighted by Gasteiger charge is 2.15. The molecule has 1 unspecified atom stereocenters. The van der Waals surface area contributed by atoms with E-state index in [-0.39, 0.29) is 10.9 Å². The largest absolute Gasteiger partial charge is 0.399 e. The molecule has 4 nitrogen and oxygen atoms in total. The van der Waals surface area contributed by atoms with Gasteiger partial charge in [-0.25, -0.2) is 13.1 Å². The minimum absolute atomic E-state index is 0.163. The first-order valence-electron chi connectivity index (χ1n) is 4.46. The van der Waals surface area contributed by atoms with Crippen LogP contribution < -0.4 is 10.5 Å². The van der Waals surface area contributed by atoms with Gasteiger partial charge in [-0.1, -0.05) is 12.1 Å². The lowest BCUT2D eigenvalue weighted by atomic mass is 10.3. The van der Waals surface area contributed by atoms with Crippen LogP contribution in [-0.2, 0) is 10.0 Å². The summed E-state index contributed by atoms with van der Waals surface area (Å²) in [4.78, 5) is 0.163. The zero-order valence-electron chi connectivity index (χ0n) is 8.47. The van der Waals surface area contributed by atoms with Gasteiger partial charge in [-0.2, -0.15) is 0 Å². The topological polar surface area (TPSA) is 72.2 Å². The van der Waals surface area contributed by atoms with Crippen molar-refractivity contribution in [2.45, 2.75) is 17.9 Å². The highest BCUT2D eigenvalue weighted by molar-refractivity contribution is 7.89. The zero-order chi connectivity index (χ0) is 11.5. The summed E-state index contributed by atoms with van der Waals surface area (Å²) in [6.07, 6.45) is 1.52. The molecule has 0 heterocycles. The number of nitrogen functional groups attached to an aromatic ring is 1. The molecular formula is C10H14N2O2S. The van der Waals surface area contributed by atoms with E-state index < -0.39 is 10.0 Å². The molecule has 0 saturated heterocycles. The number of sulfonamides is 1. The molecule has 0 amide bonds. The molecule has 1 aromatic carbocycles. The molecule has 82 valence electrons. The van der Waals surface area contributed by atoms with Crippen molar-refractivity contribution < 1.29 is 8.42 Å². The molecule has 0 aliphatic rings. The Kier molecular flexibility index (Phi) is 3.49. The van der Waals surface area contributed by atoms with Crippen LogP contribution in [0.25, 0.3) is 0 Å². The molecule has 0 aliphatic carbocycles. The van der Waals surface area contributed by atoms with Crippen molar-refractivity contribution in [3.63, 3.8) is 0 Å². The monoisotopic (exact) mass is 226 g/mol. The van der Waals surface area contributed by atoms with Gasteiger partial charge >= 0.3 is 0 Å². The molecule has 15 heavy (non-hydrogen) atoms. The van der Waals surface area contributed by atoms with Crippen LogP contribution in [0.3, 0.4) is 0 Å². The van der Waals surface area contributed by atoms with Crippen LogP contribution in [0, 0.1) is 0 Å². The van der Waals surface area contributed by atoms with Crippen molar-refractivity contribution in [3.8, 4) is 0 Å². The summed E-state index contributed by atoms with van der Waals surface area (Å²) >= 11 is 0. The van der Waals surface area contributed by atoms with Crippen molar-refractivity contribution in [3.05, 3.63) is 36.9 Å². The van der Waals surface area contributed by atoms with Gasteiger partial charge in [0.2, 0.25) is 10.0 Å². The Bertz CT molecular complexity index is 454. The second-order valence-electron chi connectivity index (χ2n) is 3.22. The lowest BCUT2D eigenvalue weighted by molar-refractivity contribution is 0.576. The van der Waals surface area contributed by atoms with Gasteiger partial charge in [-0.05, 0) is 25.1 Å². The molecule has 5 heteroatoms. The zero-order valence-corrected chi connectivity index (χ0v) is 9.29. The lowest BCUT2D eigenvalue weighted by Gasteiger charge is -2.10. The third-order valence-electron chi connectivity index (χ3n) is 1.86. The van der Waals surface area contributed by atoms with Gasteiger partial charge in [0, 0.05) is 11.7 Å². The number of hydrogen-bond acceptors (Lipinski definition) is 3. The maximum absolute atomic E-state index is 11.7. The molecule has 0 saturated carbocycles. The molecule has 0 spiro atoms. The third kappa shape index (κ3) is 3.07. The van der Waals surface area contributed by atoms with E-state index in [0.717, 1.165) is 0 Å². The van der Waals surface area contributed by atoms with E-state index in [0.29, 0.717) is 5.69 Å². The van der Waals surface area contributed by atoms with Crippen molar-refractivity contribution in [2.24, 2.45) is 0 Å². The number of rotatable bonds is 4. The van der Waals surface area contributed by atoms with Gasteiger partial charge in [0.15, 0.2) is 0 Å². The fraction of sp³-hybridized carbons (Fsp3) is 0.200. The fourth-order valence-electron chi connectivity index (χ4n) is 1.04. The van der Waals surface area contributed by atoms with Gasteiger partial charge in [0.1, 0.15) is 0 Å². The van der Waals surface area contributed by atoms with Gasteiger partial charge < -0.3 is 5.73 Å². The fourth-order valence-corrected chi connectivity index (χ4v) is 2.31. The van der Waals surface area contributed by atoms with E-state index in [1.165, 1.54) is 18.2 Å². The minimum atomic E-state index is -3.50. The molecule has 0 bridgehead atoms. The standard InChI is InChI=1S/C10H14N2O2S/c1-3-8(2)12-15(13,14)10-6-4-5-9(11)7-10/h3-8,12H,1,11H2,2H3. The quantitative estimate of drug-likeness (QED) is 0.597. The number of hydrogen-bond donors (Lipinski definition) is 2. The minimum Gasteiger partial charge on any atom is -0.399 e. The van der Waals surface area contributed by atoms with Gasteiger partial charge in [0.05, 0.1) is 4.90 Å². The van der Waals surface area contributed by atoms with E-state index in [9.17, 15) is 8.42 Å². The molecule has 3 N–H and O–H groups in total. The van der Waals surface area contributed by atoms with E-state index >= 15 is 0 Å². The number of nitrogens with one attached hydrogen (secondary N) is 1. The smallest absolute Gasteiger partial charge is 0.241 e. The predicted octanol–water partition coefficient (Wildman–Crippen LogP) is 1.12. The van der Waals surface area contributed by atoms with Crippen LogP contribution in [0.2, 0.25) is 0 Å². The molecule has 1 atom stereocenters. The molecule has 1 rings (SSSR count). The Morgan fingerprint density at radius 1 is 1.53 bits per heavy atom. The molecule has 0 radical (unpaired) electrons. The van der Waals surface area contributed by atoms with Crippen molar-refractivity contribution in [2.75, 3.05) is 5.73 Å². The van der Waals surface area contributed by atoms with Crippen LogP contribution in [0.4, 0.5) is 5.69 Å². The van der Waals surface area contributed by atoms with Crippen LogP contribution >= 0.6 is 0 Å². The SMILES string of the molecule is C=CC(C)NS(=O)(=O)c1cccc(N)c1. The third-order valence-corrected chi connectivity index (χ3v) is 3.42. The Labute approximate surface area is 89.9 Å². The second-order valence-corrected chi connectivity index (χ2v) is 4.93. The maximum atomic E-state index is 11.7. The number of benzene rings is 1. The molecular weight excluding hydrogens is 212 g/mol. The lowest BCUT2D eigenvalue weighted by Crippen LogP contribution is -2.30. The summed E-state index contributed by atoms with van der Waals surface area (Å²) in [5, 5.41) is 0. The Hall–Kier alpha value is -1.33. The van der Waals surface area contributed by atoms with Gasteiger partial charge in [-0.15, -0.1) is 6.58 Å². The summed E-state index contributed by atoms with van der Waals surface area (Å²) < 4.78 is 25.9. The summed E-state index contributed by atoms with van der Waals surface area (Å²) in [6.45, 7) is 5.21. The molecule has 0 aliphatic heterocycles. The first-order chi connectivity index (χ1) is 6.95.